The first-order valence-corrected chi connectivity index (χ1v) is 15.8. The molecule has 11 nitrogen and oxygen atoms in total. The van der Waals surface area contributed by atoms with Gasteiger partial charge in [-0.1, -0.05) is 72.4 Å². The van der Waals surface area contributed by atoms with Crippen LogP contribution in [0.15, 0.2) is 61.8 Å². The molecule has 1 saturated carbocycles. The van der Waals surface area contributed by atoms with Gasteiger partial charge in [-0.25, -0.2) is 24.0 Å². The average Bonchev–Trinajstić information content (AvgIpc) is 3.89. The number of epoxide rings is 1. The van der Waals surface area contributed by atoms with Gasteiger partial charge in [-0.15, -0.1) is 0 Å². The van der Waals surface area contributed by atoms with Crippen molar-refractivity contribution in [2.24, 2.45) is 5.92 Å². The minimum Gasteiger partial charge on any atom is -0.478 e. The van der Waals surface area contributed by atoms with Crippen molar-refractivity contribution in [1.29, 1.82) is 0 Å². The van der Waals surface area contributed by atoms with E-state index in [1.54, 1.807) is 20.8 Å². The molecule has 1 aliphatic heterocycles. The zero-order chi connectivity index (χ0) is 36.8. The van der Waals surface area contributed by atoms with Gasteiger partial charge in [0.2, 0.25) is 0 Å². The standard InChI is InChI=1S/C11H20O2.C10H16O2.C7H10O3.C5H8O2.C3H4O2/c1-4-7-8-10(5-2)9-13-11(12)6-3;1-8(2)10(11)12-9-6-4-3-5-7-9;1-5(2)7(8)10-4-6-3-9-6;1-4(2)5(6)7-3;1-2-3(4)5/h6,10H,3-5,7-9H2,1-2H3;9H,1,3-7H2,2H3;6H,1,3-4H2,2H3;1H2,2-3H3;2H,1H2,(H,4,5). The van der Waals surface area contributed by atoms with Gasteiger partial charge in [-0.3, -0.25) is 0 Å². The molecule has 0 radical (unpaired) electrons. The van der Waals surface area contributed by atoms with Gasteiger partial charge in [0.25, 0.3) is 0 Å². The first-order chi connectivity index (χ1) is 22.1. The van der Waals surface area contributed by atoms with E-state index in [9.17, 15) is 24.0 Å². The Bertz CT molecular complexity index is 1000. The van der Waals surface area contributed by atoms with Crippen LogP contribution in [0.3, 0.4) is 0 Å². The molecule has 1 heterocycles. The molecule has 1 saturated heterocycles. The summed E-state index contributed by atoms with van der Waals surface area (Å²) in [6, 6.07) is 0. The minimum atomic E-state index is -0.981. The Hall–Kier alpha value is -3.99. The Balaban J connectivity index is -0.000000533. The van der Waals surface area contributed by atoms with Crippen molar-refractivity contribution < 1.29 is 52.8 Å². The van der Waals surface area contributed by atoms with Crippen molar-refractivity contribution in [2.75, 3.05) is 26.9 Å². The molecule has 2 unspecified atom stereocenters. The number of carboxylic acid groups (broad SMARTS) is 1. The number of carbonyl (C=O) groups is 5. The number of hydrogen-bond donors (Lipinski definition) is 1. The minimum absolute atomic E-state index is 0.142. The van der Waals surface area contributed by atoms with Crippen LogP contribution in [0.5, 0.6) is 0 Å². The number of carboxylic acids is 1. The maximum absolute atomic E-state index is 11.1. The van der Waals surface area contributed by atoms with E-state index >= 15 is 0 Å². The Labute approximate surface area is 281 Å². The van der Waals surface area contributed by atoms with Crippen molar-refractivity contribution >= 4 is 29.8 Å². The van der Waals surface area contributed by atoms with Crippen LogP contribution in [0.4, 0.5) is 0 Å². The Morgan fingerprint density at radius 2 is 1.36 bits per heavy atom. The highest BCUT2D eigenvalue weighted by atomic mass is 16.6. The van der Waals surface area contributed by atoms with E-state index in [1.807, 2.05) is 0 Å². The summed E-state index contributed by atoms with van der Waals surface area (Å²) >= 11 is 0. The van der Waals surface area contributed by atoms with Crippen molar-refractivity contribution in [2.45, 2.75) is 105 Å². The Kier molecular flexibility index (Phi) is 30.9. The van der Waals surface area contributed by atoms with Gasteiger partial charge in [-0.2, -0.15) is 0 Å². The van der Waals surface area contributed by atoms with Gasteiger partial charge >= 0.3 is 29.8 Å². The van der Waals surface area contributed by atoms with Gasteiger partial charge in [-0.05, 0) is 58.8 Å². The third kappa shape index (κ3) is 33.2. The lowest BCUT2D eigenvalue weighted by atomic mass is 9.98. The summed E-state index contributed by atoms with van der Waals surface area (Å²) in [5, 5.41) is 7.60. The highest BCUT2D eigenvalue weighted by Gasteiger charge is 2.24. The molecule has 11 heteroatoms. The molecule has 0 spiro atoms. The Morgan fingerprint density at radius 1 is 0.851 bits per heavy atom. The van der Waals surface area contributed by atoms with Crippen molar-refractivity contribution in [1.82, 2.24) is 0 Å². The van der Waals surface area contributed by atoms with Gasteiger partial charge in [0.15, 0.2) is 0 Å². The number of aliphatic carboxylic acids is 1. The lowest BCUT2D eigenvalue weighted by molar-refractivity contribution is -0.145. The zero-order valence-corrected chi connectivity index (χ0v) is 29.4. The number of hydrogen-bond acceptors (Lipinski definition) is 10. The van der Waals surface area contributed by atoms with E-state index in [1.165, 1.54) is 45.3 Å². The molecule has 47 heavy (non-hydrogen) atoms. The summed E-state index contributed by atoms with van der Waals surface area (Å²) in [7, 11) is 1.33. The zero-order valence-electron chi connectivity index (χ0n) is 29.4. The average molecular weight is 667 g/mol. The molecule has 0 bridgehead atoms. The van der Waals surface area contributed by atoms with Crippen LogP contribution in [0.2, 0.25) is 0 Å². The van der Waals surface area contributed by atoms with Gasteiger partial charge in [0, 0.05) is 28.9 Å². The summed E-state index contributed by atoms with van der Waals surface area (Å²) in [6.45, 7) is 27.5. The van der Waals surface area contributed by atoms with Crippen LogP contribution in [-0.4, -0.2) is 74.1 Å². The Morgan fingerprint density at radius 3 is 1.70 bits per heavy atom. The summed E-state index contributed by atoms with van der Waals surface area (Å²) < 4.78 is 24.1. The normalized spacial score (nSPS) is 14.6. The fraction of sp³-hybridized carbons (Fsp3) is 0.583. The highest BCUT2D eigenvalue weighted by molar-refractivity contribution is 5.87. The topological polar surface area (TPSA) is 155 Å². The van der Waals surface area contributed by atoms with Crippen LogP contribution in [0, 0.1) is 5.92 Å². The lowest BCUT2D eigenvalue weighted by Crippen LogP contribution is -2.20. The second kappa shape index (κ2) is 30.7. The van der Waals surface area contributed by atoms with Gasteiger partial charge < -0.3 is 28.8 Å². The van der Waals surface area contributed by atoms with E-state index in [4.69, 9.17) is 24.1 Å². The smallest absolute Gasteiger partial charge is 0.333 e. The molecule has 0 amide bonds. The maximum Gasteiger partial charge on any atom is 0.333 e. The maximum atomic E-state index is 11.1. The second-order valence-electron chi connectivity index (χ2n) is 10.8. The molecule has 0 aromatic carbocycles. The van der Waals surface area contributed by atoms with Crippen LogP contribution >= 0.6 is 0 Å². The van der Waals surface area contributed by atoms with Crippen LogP contribution in [-0.2, 0) is 47.7 Å². The quantitative estimate of drug-likeness (QED) is 0.0894. The number of unbranched alkanes of at least 4 members (excludes halogenated alkanes) is 1. The first-order valence-electron chi connectivity index (χ1n) is 15.8. The molecular formula is C36H58O11. The van der Waals surface area contributed by atoms with Crippen molar-refractivity contribution in [3.8, 4) is 0 Å². The number of ether oxygens (including phenoxy) is 5. The third-order valence-corrected chi connectivity index (χ3v) is 6.21. The monoisotopic (exact) mass is 666 g/mol. The fourth-order valence-corrected chi connectivity index (χ4v) is 3.22. The summed E-state index contributed by atoms with van der Waals surface area (Å²) in [5.74, 6) is -1.69. The molecule has 268 valence electrons. The molecule has 0 aromatic rings. The first kappa shape index (κ1) is 47.4. The van der Waals surface area contributed by atoms with E-state index in [0.717, 1.165) is 31.8 Å². The largest absolute Gasteiger partial charge is 0.478 e. The summed E-state index contributed by atoms with van der Waals surface area (Å²) in [4.78, 5) is 52.0. The second-order valence-corrected chi connectivity index (χ2v) is 10.8. The van der Waals surface area contributed by atoms with Crippen LogP contribution in [0.1, 0.15) is 92.4 Å². The number of carbonyl (C=O) groups excluding carboxylic acids is 4. The number of esters is 4. The molecule has 1 aliphatic carbocycles. The fourth-order valence-electron chi connectivity index (χ4n) is 3.22. The molecule has 2 rings (SSSR count). The lowest BCUT2D eigenvalue weighted by Gasteiger charge is -2.21. The summed E-state index contributed by atoms with van der Waals surface area (Å²) in [6.07, 6.45) is 12.7. The van der Waals surface area contributed by atoms with E-state index in [2.05, 4.69) is 51.5 Å². The predicted molar refractivity (Wildman–Crippen MR) is 182 cm³/mol. The van der Waals surface area contributed by atoms with Gasteiger partial charge in [0.05, 0.1) is 20.3 Å². The van der Waals surface area contributed by atoms with Crippen LogP contribution in [0.25, 0.3) is 0 Å². The molecule has 0 aromatic heterocycles. The van der Waals surface area contributed by atoms with E-state index in [0.29, 0.717) is 42.5 Å². The SMILES string of the molecule is C=C(C)C(=O)OC.C=C(C)C(=O)OC1CCCCC1.C=C(C)C(=O)OCC1CO1.C=CC(=O)O.C=CC(=O)OCC(CC)CCCC. The third-order valence-electron chi connectivity index (χ3n) is 6.21. The van der Waals surface area contributed by atoms with Gasteiger partial charge in [0.1, 0.15) is 18.8 Å². The van der Waals surface area contributed by atoms with Crippen LogP contribution < -0.4 is 0 Å². The van der Waals surface area contributed by atoms with E-state index < -0.39 is 5.97 Å². The van der Waals surface area contributed by atoms with Crippen molar-refractivity contribution in [3.05, 3.63) is 61.8 Å². The molecule has 2 aliphatic rings. The molecule has 2 atom stereocenters. The number of rotatable bonds is 14. The molecular weight excluding hydrogens is 608 g/mol. The predicted octanol–water partition coefficient (Wildman–Crippen LogP) is 6.87. The molecule has 1 N–H and O–H groups in total. The summed E-state index contributed by atoms with van der Waals surface area (Å²) in [5.41, 5.74) is 1.36. The van der Waals surface area contributed by atoms with E-state index in [-0.39, 0.29) is 36.1 Å². The molecule has 2 fully saturated rings. The number of methoxy groups -OCH3 is 1. The van der Waals surface area contributed by atoms with Crippen molar-refractivity contribution in [3.63, 3.8) is 0 Å². The highest BCUT2D eigenvalue weighted by Crippen LogP contribution is 2.21.